The van der Waals surface area contributed by atoms with Gasteiger partial charge in [-0.05, 0) is 24.3 Å². The number of sulfone groups is 1. The van der Waals surface area contributed by atoms with Crippen LogP contribution in [0.15, 0.2) is 58.5 Å². The number of amides is 1. The molecule has 3 rings (SSSR count). The molecule has 0 aliphatic rings. The Morgan fingerprint density at radius 1 is 1.12 bits per heavy atom. The summed E-state index contributed by atoms with van der Waals surface area (Å²) in [4.78, 5) is 12.9. The highest BCUT2D eigenvalue weighted by molar-refractivity contribution is 7.90. The van der Waals surface area contributed by atoms with Crippen LogP contribution in [-0.4, -0.2) is 25.1 Å². The molecule has 1 amide bonds. The summed E-state index contributed by atoms with van der Waals surface area (Å²) >= 11 is 1.43. The molecule has 0 aliphatic carbocycles. The van der Waals surface area contributed by atoms with Crippen molar-refractivity contribution in [3.05, 3.63) is 58.9 Å². The Hall–Kier alpha value is -2.45. The van der Waals surface area contributed by atoms with Gasteiger partial charge in [0.1, 0.15) is 0 Å². The SMILES string of the molecule is Cn1c(=NNC(=O)c2ccccc2S(C)(=O)=O)sc2ccccc21. The van der Waals surface area contributed by atoms with Gasteiger partial charge in [0.25, 0.3) is 5.91 Å². The number of para-hydroxylation sites is 1. The van der Waals surface area contributed by atoms with Gasteiger partial charge >= 0.3 is 0 Å². The zero-order valence-corrected chi connectivity index (χ0v) is 14.7. The number of carbonyl (C=O) groups excluding carboxylic acids is 1. The molecule has 1 aromatic heterocycles. The van der Waals surface area contributed by atoms with E-state index in [1.807, 2.05) is 35.9 Å². The Morgan fingerprint density at radius 2 is 1.79 bits per heavy atom. The maximum Gasteiger partial charge on any atom is 0.272 e. The van der Waals surface area contributed by atoms with Crippen molar-refractivity contribution in [3.8, 4) is 0 Å². The summed E-state index contributed by atoms with van der Waals surface area (Å²) in [6.07, 6.45) is 1.07. The fourth-order valence-electron chi connectivity index (χ4n) is 2.32. The lowest BCUT2D eigenvalue weighted by Crippen LogP contribution is -2.24. The third kappa shape index (κ3) is 3.10. The largest absolute Gasteiger partial charge is 0.318 e. The summed E-state index contributed by atoms with van der Waals surface area (Å²) < 4.78 is 26.5. The fourth-order valence-corrected chi connectivity index (χ4v) is 4.19. The molecule has 8 heteroatoms. The molecule has 6 nitrogen and oxygen atoms in total. The first-order valence-electron chi connectivity index (χ1n) is 7.05. The van der Waals surface area contributed by atoms with Crippen LogP contribution in [-0.2, 0) is 16.9 Å². The molecule has 0 saturated heterocycles. The van der Waals surface area contributed by atoms with Crippen molar-refractivity contribution >= 4 is 37.3 Å². The van der Waals surface area contributed by atoms with Gasteiger partial charge in [-0.15, -0.1) is 5.10 Å². The highest BCUT2D eigenvalue weighted by atomic mass is 32.2. The molecule has 0 fully saturated rings. The maximum atomic E-state index is 12.3. The number of aromatic nitrogens is 1. The van der Waals surface area contributed by atoms with Crippen molar-refractivity contribution in [2.24, 2.45) is 12.1 Å². The van der Waals surface area contributed by atoms with Crippen LogP contribution in [0.5, 0.6) is 0 Å². The lowest BCUT2D eigenvalue weighted by Gasteiger charge is -2.05. The molecule has 1 heterocycles. The van der Waals surface area contributed by atoms with Crippen LogP contribution in [0.1, 0.15) is 10.4 Å². The Balaban J connectivity index is 1.98. The van der Waals surface area contributed by atoms with Gasteiger partial charge in [-0.1, -0.05) is 35.6 Å². The van der Waals surface area contributed by atoms with Crippen LogP contribution >= 0.6 is 11.3 Å². The molecule has 2 aromatic carbocycles. The number of nitrogens with one attached hydrogen (secondary N) is 1. The Morgan fingerprint density at radius 3 is 2.50 bits per heavy atom. The van der Waals surface area contributed by atoms with Gasteiger partial charge < -0.3 is 4.57 Å². The highest BCUT2D eigenvalue weighted by Crippen LogP contribution is 2.16. The molecule has 0 radical (unpaired) electrons. The number of nitrogens with zero attached hydrogens (tertiary/aromatic N) is 2. The molecule has 0 aliphatic heterocycles. The number of carbonyl (C=O) groups is 1. The van der Waals surface area contributed by atoms with Crippen LogP contribution in [0, 0.1) is 0 Å². The molecule has 1 N–H and O–H groups in total. The first-order valence-corrected chi connectivity index (χ1v) is 9.76. The van der Waals surface area contributed by atoms with Crippen LogP contribution in [0.25, 0.3) is 10.2 Å². The minimum atomic E-state index is -3.50. The van der Waals surface area contributed by atoms with Gasteiger partial charge in [0.15, 0.2) is 9.84 Å². The molecule has 0 atom stereocenters. The number of aryl methyl sites for hydroxylation is 1. The van der Waals surface area contributed by atoms with Gasteiger partial charge in [0, 0.05) is 13.3 Å². The monoisotopic (exact) mass is 361 g/mol. The zero-order chi connectivity index (χ0) is 17.3. The van der Waals surface area contributed by atoms with E-state index in [-0.39, 0.29) is 10.5 Å². The van der Waals surface area contributed by atoms with E-state index in [0.29, 0.717) is 4.80 Å². The number of hydrogen-bond acceptors (Lipinski definition) is 5. The van der Waals surface area contributed by atoms with Crippen molar-refractivity contribution in [2.75, 3.05) is 6.26 Å². The second-order valence-corrected chi connectivity index (χ2v) is 8.23. The summed E-state index contributed by atoms with van der Waals surface area (Å²) in [7, 11) is -1.64. The summed E-state index contributed by atoms with van der Waals surface area (Å²) in [5.41, 5.74) is 3.52. The van der Waals surface area contributed by atoms with E-state index in [2.05, 4.69) is 10.5 Å². The Bertz CT molecular complexity index is 1090. The smallest absolute Gasteiger partial charge is 0.272 e. The maximum absolute atomic E-state index is 12.3. The summed E-state index contributed by atoms with van der Waals surface area (Å²) in [6.45, 7) is 0. The van der Waals surface area contributed by atoms with Crippen LogP contribution < -0.4 is 10.2 Å². The lowest BCUT2D eigenvalue weighted by atomic mass is 10.2. The molecule has 124 valence electrons. The normalized spacial score (nSPS) is 12.5. The Labute approximate surface area is 143 Å². The molecule has 0 unspecified atom stereocenters. The van der Waals surface area contributed by atoms with Gasteiger partial charge in [-0.25, -0.2) is 13.8 Å². The molecule has 24 heavy (non-hydrogen) atoms. The average Bonchev–Trinajstić information content (AvgIpc) is 2.88. The molecule has 0 spiro atoms. The first-order chi connectivity index (χ1) is 11.4. The summed E-state index contributed by atoms with van der Waals surface area (Å²) in [5.74, 6) is -0.562. The standard InChI is InChI=1S/C16H15N3O3S2/c1-19-12-8-4-5-9-13(12)23-16(19)18-17-15(20)11-7-3-6-10-14(11)24(2,21)22/h3-10H,1-2H3,(H,17,20). The van der Waals surface area contributed by atoms with Crippen molar-refractivity contribution in [2.45, 2.75) is 4.90 Å². The molecular weight excluding hydrogens is 346 g/mol. The molecule has 3 aromatic rings. The number of benzene rings is 2. The number of fused-ring (bicyclic) bond motifs is 1. The van der Waals surface area contributed by atoms with Crippen LogP contribution in [0.2, 0.25) is 0 Å². The molecular formula is C16H15N3O3S2. The minimum Gasteiger partial charge on any atom is -0.318 e. The summed E-state index contributed by atoms with van der Waals surface area (Å²) in [6, 6.07) is 13.9. The molecule has 0 saturated carbocycles. The lowest BCUT2D eigenvalue weighted by molar-refractivity contribution is 0.0949. The number of rotatable bonds is 3. The number of thiazole rings is 1. The van der Waals surface area contributed by atoms with E-state index in [9.17, 15) is 13.2 Å². The van der Waals surface area contributed by atoms with E-state index < -0.39 is 15.7 Å². The summed E-state index contributed by atoms with van der Waals surface area (Å²) in [5, 5.41) is 4.13. The van der Waals surface area contributed by atoms with E-state index in [1.54, 1.807) is 12.1 Å². The highest BCUT2D eigenvalue weighted by Gasteiger charge is 2.17. The van der Waals surface area contributed by atoms with Gasteiger partial charge in [0.2, 0.25) is 4.80 Å². The van der Waals surface area contributed by atoms with Crippen molar-refractivity contribution in [1.29, 1.82) is 0 Å². The second kappa shape index (κ2) is 6.21. The van der Waals surface area contributed by atoms with Crippen LogP contribution in [0.3, 0.4) is 0 Å². The van der Waals surface area contributed by atoms with Crippen LogP contribution in [0.4, 0.5) is 0 Å². The first kappa shape index (κ1) is 16.4. The van der Waals surface area contributed by atoms with E-state index >= 15 is 0 Å². The topological polar surface area (TPSA) is 80.5 Å². The quantitative estimate of drug-likeness (QED) is 0.724. The van der Waals surface area contributed by atoms with Gasteiger partial charge in [0.05, 0.1) is 20.7 Å². The van der Waals surface area contributed by atoms with E-state index in [4.69, 9.17) is 0 Å². The zero-order valence-electron chi connectivity index (χ0n) is 13.1. The van der Waals surface area contributed by atoms with Crippen molar-refractivity contribution < 1.29 is 13.2 Å². The van der Waals surface area contributed by atoms with E-state index in [0.717, 1.165) is 16.5 Å². The fraction of sp³-hybridized carbons (Fsp3) is 0.125. The Kier molecular flexibility index (Phi) is 4.25. The second-order valence-electron chi connectivity index (χ2n) is 5.23. The van der Waals surface area contributed by atoms with Crippen molar-refractivity contribution in [1.82, 2.24) is 9.99 Å². The minimum absolute atomic E-state index is 0.0154. The predicted molar refractivity (Wildman–Crippen MR) is 93.4 cm³/mol. The van der Waals surface area contributed by atoms with Crippen molar-refractivity contribution in [3.63, 3.8) is 0 Å². The third-order valence-corrected chi connectivity index (χ3v) is 5.77. The predicted octanol–water partition coefficient (Wildman–Crippen LogP) is 1.89. The third-order valence-electron chi connectivity index (χ3n) is 3.50. The molecule has 0 bridgehead atoms. The number of hydrogen-bond donors (Lipinski definition) is 1. The van der Waals surface area contributed by atoms with Gasteiger partial charge in [-0.2, -0.15) is 0 Å². The average molecular weight is 361 g/mol. The van der Waals surface area contributed by atoms with Gasteiger partial charge in [-0.3, -0.25) is 4.79 Å². The van der Waals surface area contributed by atoms with E-state index in [1.165, 1.54) is 23.5 Å².